The van der Waals surface area contributed by atoms with Crippen molar-refractivity contribution in [2.45, 2.75) is 25.4 Å². The standard InChI is InChI=1S/C18H22N2O3/c1-22-15-5-2-4-14(12-15)17-7-9-20(17)10-8-18(21)19-13-16-6-3-11-23-16/h2-6,11-12,17H,7-10,13H2,1H3,(H,19,21)/t17-/m1/s1. The first kappa shape index (κ1) is 15.6. The summed E-state index contributed by atoms with van der Waals surface area (Å²) in [5, 5.41) is 2.88. The number of carbonyl (C=O) groups is 1. The summed E-state index contributed by atoms with van der Waals surface area (Å²) in [7, 11) is 1.68. The second-order valence-corrected chi connectivity index (χ2v) is 5.72. The van der Waals surface area contributed by atoms with E-state index in [0.29, 0.717) is 19.0 Å². The first-order chi connectivity index (χ1) is 11.3. The van der Waals surface area contributed by atoms with Crippen LogP contribution in [-0.4, -0.2) is 31.0 Å². The monoisotopic (exact) mass is 314 g/mol. The number of furan rings is 1. The number of methoxy groups -OCH3 is 1. The van der Waals surface area contributed by atoms with Crippen LogP contribution >= 0.6 is 0 Å². The molecule has 1 aromatic carbocycles. The summed E-state index contributed by atoms with van der Waals surface area (Å²) >= 11 is 0. The van der Waals surface area contributed by atoms with E-state index in [1.165, 1.54) is 5.56 Å². The molecule has 0 aliphatic carbocycles. The van der Waals surface area contributed by atoms with Gasteiger partial charge in [0.1, 0.15) is 11.5 Å². The van der Waals surface area contributed by atoms with Crippen molar-refractivity contribution in [2.24, 2.45) is 0 Å². The lowest BCUT2D eigenvalue weighted by Crippen LogP contribution is -2.42. The van der Waals surface area contributed by atoms with Crippen molar-refractivity contribution in [1.29, 1.82) is 0 Å². The van der Waals surface area contributed by atoms with Gasteiger partial charge in [-0.2, -0.15) is 0 Å². The highest BCUT2D eigenvalue weighted by molar-refractivity contribution is 5.76. The Morgan fingerprint density at radius 2 is 2.30 bits per heavy atom. The molecule has 1 aromatic heterocycles. The van der Waals surface area contributed by atoms with Crippen LogP contribution in [0.3, 0.4) is 0 Å². The van der Waals surface area contributed by atoms with Crippen LogP contribution in [0, 0.1) is 0 Å². The number of carbonyl (C=O) groups excluding carboxylic acids is 1. The number of hydrogen-bond donors (Lipinski definition) is 1. The number of rotatable bonds is 7. The third-order valence-corrected chi connectivity index (χ3v) is 4.28. The van der Waals surface area contributed by atoms with Crippen molar-refractivity contribution in [3.63, 3.8) is 0 Å². The maximum atomic E-state index is 11.9. The summed E-state index contributed by atoms with van der Waals surface area (Å²) in [5.41, 5.74) is 1.26. The van der Waals surface area contributed by atoms with Gasteiger partial charge in [-0.3, -0.25) is 9.69 Å². The fourth-order valence-corrected chi connectivity index (χ4v) is 2.87. The van der Waals surface area contributed by atoms with Crippen molar-refractivity contribution >= 4 is 5.91 Å². The molecule has 1 aliphatic heterocycles. The zero-order valence-corrected chi connectivity index (χ0v) is 13.3. The Labute approximate surface area is 136 Å². The molecule has 1 aliphatic rings. The van der Waals surface area contributed by atoms with Gasteiger partial charge < -0.3 is 14.5 Å². The molecule has 0 bridgehead atoms. The van der Waals surface area contributed by atoms with Gasteiger partial charge in [0.2, 0.25) is 5.91 Å². The second kappa shape index (κ2) is 7.33. The summed E-state index contributed by atoms with van der Waals surface area (Å²) in [6.07, 6.45) is 3.24. The Hall–Kier alpha value is -2.27. The van der Waals surface area contributed by atoms with E-state index in [-0.39, 0.29) is 5.91 Å². The van der Waals surface area contributed by atoms with E-state index in [1.807, 2.05) is 24.3 Å². The summed E-state index contributed by atoms with van der Waals surface area (Å²) in [6, 6.07) is 12.2. The van der Waals surface area contributed by atoms with Gasteiger partial charge in [-0.15, -0.1) is 0 Å². The third-order valence-electron chi connectivity index (χ3n) is 4.28. The number of amides is 1. The normalized spacial score (nSPS) is 17.5. The van der Waals surface area contributed by atoms with Gasteiger partial charge in [0.05, 0.1) is 19.9 Å². The summed E-state index contributed by atoms with van der Waals surface area (Å²) in [4.78, 5) is 14.3. The van der Waals surface area contributed by atoms with Gasteiger partial charge in [0.15, 0.2) is 0 Å². The Balaban J connectivity index is 1.45. The van der Waals surface area contributed by atoms with E-state index in [0.717, 1.165) is 31.0 Å². The third kappa shape index (κ3) is 3.93. The Morgan fingerprint density at radius 1 is 1.39 bits per heavy atom. The van der Waals surface area contributed by atoms with Gasteiger partial charge in [-0.25, -0.2) is 0 Å². The van der Waals surface area contributed by atoms with Crippen LogP contribution in [0.25, 0.3) is 0 Å². The largest absolute Gasteiger partial charge is 0.497 e. The number of ether oxygens (including phenoxy) is 1. The van der Waals surface area contributed by atoms with E-state index in [1.54, 1.807) is 13.4 Å². The topological polar surface area (TPSA) is 54.7 Å². The molecule has 0 radical (unpaired) electrons. The minimum Gasteiger partial charge on any atom is -0.497 e. The molecular weight excluding hydrogens is 292 g/mol. The number of benzene rings is 1. The van der Waals surface area contributed by atoms with Crippen LogP contribution < -0.4 is 10.1 Å². The van der Waals surface area contributed by atoms with Crippen molar-refractivity contribution in [1.82, 2.24) is 10.2 Å². The maximum Gasteiger partial charge on any atom is 0.221 e. The number of hydrogen-bond acceptors (Lipinski definition) is 4. The van der Waals surface area contributed by atoms with Crippen LogP contribution in [0.2, 0.25) is 0 Å². The quantitative estimate of drug-likeness (QED) is 0.854. The molecule has 5 nitrogen and oxygen atoms in total. The Kier molecular flexibility index (Phi) is 4.98. The predicted molar refractivity (Wildman–Crippen MR) is 87.1 cm³/mol. The lowest BCUT2D eigenvalue weighted by molar-refractivity contribution is -0.122. The summed E-state index contributed by atoms with van der Waals surface area (Å²) in [6.45, 7) is 2.25. The van der Waals surface area contributed by atoms with Gasteiger partial charge in [-0.1, -0.05) is 12.1 Å². The molecule has 0 saturated carbocycles. The maximum absolute atomic E-state index is 11.9. The number of nitrogens with one attached hydrogen (secondary N) is 1. The minimum atomic E-state index is 0.0534. The van der Waals surface area contributed by atoms with E-state index in [4.69, 9.17) is 9.15 Å². The molecule has 2 aromatic rings. The van der Waals surface area contributed by atoms with Crippen LogP contribution in [0.4, 0.5) is 0 Å². The van der Waals surface area contributed by atoms with Crippen molar-refractivity contribution < 1.29 is 13.9 Å². The van der Waals surface area contributed by atoms with E-state index in [2.05, 4.69) is 22.3 Å². The van der Waals surface area contributed by atoms with E-state index >= 15 is 0 Å². The van der Waals surface area contributed by atoms with E-state index < -0.39 is 0 Å². The molecule has 122 valence electrons. The zero-order valence-electron chi connectivity index (χ0n) is 13.3. The van der Waals surface area contributed by atoms with Gasteiger partial charge in [0, 0.05) is 25.6 Å². The van der Waals surface area contributed by atoms with E-state index in [9.17, 15) is 4.79 Å². The smallest absolute Gasteiger partial charge is 0.221 e. The SMILES string of the molecule is COc1cccc([C@H]2CCN2CCC(=O)NCc2ccco2)c1. The van der Waals surface area contributed by atoms with Gasteiger partial charge in [-0.05, 0) is 36.2 Å². The fraction of sp³-hybridized carbons (Fsp3) is 0.389. The van der Waals surface area contributed by atoms with Crippen LogP contribution in [0.5, 0.6) is 5.75 Å². The molecule has 1 atom stereocenters. The zero-order chi connectivity index (χ0) is 16.1. The second-order valence-electron chi connectivity index (χ2n) is 5.72. The van der Waals surface area contributed by atoms with Crippen molar-refractivity contribution in [2.75, 3.05) is 20.2 Å². The lowest BCUT2D eigenvalue weighted by Gasteiger charge is -2.41. The average Bonchev–Trinajstić information content (AvgIpc) is 3.06. The minimum absolute atomic E-state index is 0.0534. The Bertz CT molecular complexity index is 639. The molecule has 0 spiro atoms. The molecule has 2 heterocycles. The van der Waals surface area contributed by atoms with Crippen LogP contribution in [0.15, 0.2) is 47.1 Å². The fourth-order valence-electron chi connectivity index (χ4n) is 2.87. The molecule has 23 heavy (non-hydrogen) atoms. The highest BCUT2D eigenvalue weighted by Gasteiger charge is 2.29. The molecular formula is C18H22N2O3. The van der Waals surface area contributed by atoms with Crippen LogP contribution in [0.1, 0.15) is 30.2 Å². The summed E-state index contributed by atoms with van der Waals surface area (Å²) < 4.78 is 10.5. The van der Waals surface area contributed by atoms with Gasteiger partial charge >= 0.3 is 0 Å². The van der Waals surface area contributed by atoms with Crippen LogP contribution in [-0.2, 0) is 11.3 Å². The van der Waals surface area contributed by atoms with Crippen molar-refractivity contribution in [3.8, 4) is 5.75 Å². The Morgan fingerprint density at radius 3 is 3.00 bits per heavy atom. The summed E-state index contributed by atoms with van der Waals surface area (Å²) in [5.74, 6) is 1.71. The lowest BCUT2D eigenvalue weighted by atomic mass is 9.94. The average molecular weight is 314 g/mol. The number of likely N-dealkylation sites (tertiary alicyclic amines) is 1. The van der Waals surface area contributed by atoms with Crippen molar-refractivity contribution in [3.05, 3.63) is 54.0 Å². The molecule has 1 fully saturated rings. The molecule has 1 N–H and O–H groups in total. The molecule has 0 unspecified atom stereocenters. The first-order valence-corrected chi connectivity index (χ1v) is 7.93. The number of nitrogens with zero attached hydrogens (tertiary/aromatic N) is 1. The van der Waals surface area contributed by atoms with Gasteiger partial charge in [0.25, 0.3) is 0 Å². The first-order valence-electron chi connectivity index (χ1n) is 7.93. The highest BCUT2D eigenvalue weighted by Crippen LogP contribution is 2.34. The molecule has 5 heteroatoms. The molecule has 3 rings (SSSR count). The molecule has 1 saturated heterocycles. The predicted octanol–water partition coefficient (Wildman–Crippen LogP) is 2.74. The molecule has 1 amide bonds. The highest BCUT2D eigenvalue weighted by atomic mass is 16.5.